The van der Waals surface area contributed by atoms with Crippen molar-refractivity contribution in [3.63, 3.8) is 0 Å². The minimum absolute atomic E-state index is 0.362. The number of hydrogen-bond acceptors (Lipinski definition) is 3. The van der Waals surface area contributed by atoms with E-state index in [0.29, 0.717) is 12.0 Å². The summed E-state index contributed by atoms with van der Waals surface area (Å²) in [6, 6.07) is 4.05. The van der Waals surface area contributed by atoms with Gasteiger partial charge in [0.15, 0.2) is 0 Å². The van der Waals surface area contributed by atoms with E-state index in [4.69, 9.17) is 16.3 Å². The highest BCUT2D eigenvalue weighted by Crippen LogP contribution is 2.18. The Morgan fingerprint density at radius 3 is 3.12 bits per heavy atom. The Hall–Kier alpha value is -0.800. The molecule has 0 bridgehead atoms. The molecule has 1 unspecified atom stereocenters. The molecule has 1 fully saturated rings. The molecule has 1 atom stereocenters. The number of nitrogens with zero attached hydrogens (tertiary/aromatic N) is 2. The van der Waals surface area contributed by atoms with E-state index in [-0.39, 0.29) is 0 Å². The van der Waals surface area contributed by atoms with Gasteiger partial charge in [-0.2, -0.15) is 0 Å². The first kappa shape index (κ1) is 12.7. The van der Waals surface area contributed by atoms with Crippen LogP contribution in [0.25, 0.3) is 0 Å². The topological polar surface area (TPSA) is 25.4 Å². The Balaban J connectivity index is 1.95. The van der Waals surface area contributed by atoms with Crippen LogP contribution in [0.4, 0.5) is 5.69 Å². The zero-order valence-electron chi connectivity index (χ0n) is 10.2. The van der Waals surface area contributed by atoms with Gasteiger partial charge in [-0.15, -0.1) is 11.6 Å². The molecule has 0 spiro atoms. The van der Waals surface area contributed by atoms with Gasteiger partial charge in [-0.25, -0.2) is 0 Å². The summed E-state index contributed by atoms with van der Waals surface area (Å²) < 4.78 is 5.74. The highest BCUT2D eigenvalue weighted by Gasteiger charge is 2.16. The van der Waals surface area contributed by atoms with E-state index in [1.807, 2.05) is 18.3 Å². The van der Waals surface area contributed by atoms with E-state index in [1.54, 1.807) is 0 Å². The Bertz CT molecular complexity index is 353. The number of likely N-dealkylation sites (N-methyl/N-ethyl adjacent to an activating group) is 1. The Morgan fingerprint density at radius 2 is 2.41 bits per heavy atom. The normalized spacial score (nSPS) is 20.2. The summed E-state index contributed by atoms with van der Waals surface area (Å²) in [5.41, 5.74) is 2.07. The smallest absolute Gasteiger partial charge is 0.0749 e. The van der Waals surface area contributed by atoms with E-state index >= 15 is 0 Å². The number of hydrogen-bond donors (Lipinski definition) is 0. The molecule has 1 aliphatic heterocycles. The molecule has 1 aliphatic rings. The number of alkyl halides is 1. The van der Waals surface area contributed by atoms with Crippen molar-refractivity contribution in [2.75, 3.05) is 25.1 Å². The SMILES string of the molecule is CN(CC1CCCCO1)c1ccnc(CCl)c1. The van der Waals surface area contributed by atoms with Crippen molar-refractivity contribution >= 4 is 17.3 Å². The Labute approximate surface area is 108 Å². The number of halogens is 1. The number of rotatable bonds is 4. The predicted molar refractivity (Wildman–Crippen MR) is 70.7 cm³/mol. The largest absolute Gasteiger partial charge is 0.376 e. The molecule has 0 amide bonds. The van der Waals surface area contributed by atoms with Crippen LogP contribution in [0.3, 0.4) is 0 Å². The maximum Gasteiger partial charge on any atom is 0.0749 e. The molecule has 0 aromatic carbocycles. The number of anilines is 1. The van der Waals surface area contributed by atoms with Crippen molar-refractivity contribution < 1.29 is 4.74 Å². The van der Waals surface area contributed by atoms with Gasteiger partial charge in [0.05, 0.1) is 17.7 Å². The fourth-order valence-electron chi connectivity index (χ4n) is 2.14. The van der Waals surface area contributed by atoms with Crippen molar-refractivity contribution in [3.05, 3.63) is 24.0 Å². The summed E-state index contributed by atoms with van der Waals surface area (Å²) in [7, 11) is 2.09. The van der Waals surface area contributed by atoms with Crippen LogP contribution in [0.2, 0.25) is 0 Å². The molecule has 17 heavy (non-hydrogen) atoms. The lowest BCUT2D eigenvalue weighted by atomic mass is 10.1. The van der Waals surface area contributed by atoms with Crippen LogP contribution in [0.5, 0.6) is 0 Å². The van der Waals surface area contributed by atoms with Crippen LogP contribution in [0.1, 0.15) is 25.0 Å². The average Bonchev–Trinajstić information content (AvgIpc) is 2.40. The van der Waals surface area contributed by atoms with Gasteiger partial charge in [-0.3, -0.25) is 4.98 Å². The van der Waals surface area contributed by atoms with Crippen molar-refractivity contribution in [1.82, 2.24) is 4.98 Å². The molecule has 1 aromatic heterocycles. The molecule has 2 rings (SSSR count). The lowest BCUT2D eigenvalue weighted by molar-refractivity contribution is 0.0216. The van der Waals surface area contributed by atoms with Crippen LogP contribution < -0.4 is 4.90 Å². The van der Waals surface area contributed by atoms with Crippen LogP contribution in [-0.2, 0) is 10.6 Å². The van der Waals surface area contributed by atoms with Gasteiger partial charge in [-0.05, 0) is 31.4 Å². The minimum Gasteiger partial charge on any atom is -0.376 e. The quantitative estimate of drug-likeness (QED) is 0.773. The van der Waals surface area contributed by atoms with Crippen LogP contribution >= 0.6 is 11.6 Å². The third-order valence-electron chi connectivity index (χ3n) is 3.13. The first-order valence-corrected chi connectivity index (χ1v) is 6.66. The second kappa shape index (κ2) is 6.22. The predicted octanol–water partition coefficient (Wildman–Crippen LogP) is 2.83. The summed E-state index contributed by atoms with van der Waals surface area (Å²) in [5, 5.41) is 0. The van der Waals surface area contributed by atoms with E-state index in [9.17, 15) is 0 Å². The van der Waals surface area contributed by atoms with E-state index in [0.717, 1.165) is 31.0 Å². The van der Waals surface area contributed by atoms with Gasteiger partial charge in [0.2, 0.25) is 0 Å². The lowest BCUT2D eigenvalue weighted by Gasteiger charge is -2.28. The van der Waals surface area contributed by atoms with Crippen molar-refractivity contribution in [2.24, 2.45) is 0 Å². The standard InChI is InChI=1S/C13H19ClN2O/c1-16(10-13-4-2-3-7-17-13)12-5-6-15-11(8-12)9-14/h5-6,8,13H,2-4,7,9-10H2,1H3. The highest BCUT2D eigenvalue weighted by molar-refractivity contribution is 6.16. The molecule has 3 nitrogen and oxygen atoms in total. The third kappa shape index (κ3) is 3.58. The first-order valence-electron chi connectivity index (χ1n) is 6.13. The van der Waals surface area contributed by atoms with Gasteiger partial charge >= 0.3 is 0 Å². The maximum atomic E-state index is 5.79. The zero-order chi connectivity index (χ0) is 12.1. The summed E-state index contributed by atoms with van der Waals surface area (Å²) in [6.07, 6.45) is 5.82. The minimum atomic E-state index is 0.362. The molecular formula is C13H19ClN2O. The Morgan fingerprint density at radius 1 is 1.53 bits per heavy atom. The van der Waals surface area contributed by atoms with Crippen LogP contribution in [0, 0.1) is 0 Å². The Kier molecular flexibility index (Phi) is 4.63. The lowest BCUT2D eigenvalue weighted by Crippen LogP contribution is -2.33. The zero-order valence-corrected chi connectivity index (χ0v) is 11.0. The molecule has 1 aromatic rings. The van der Waals surface area contributed by atoms with Crippen molar-refractivity contribution in [2.45, 2.75) is 31.2 Å². The molecule has 0 radical (unpaired) electrons. The van der Waals surface area contributed by atoms with Gasteiger partial charge in [0.1, 0.15) is 0 Å². The molecule has 0 saturated carbocycles. The van der Waals surface area contributed by atoms with E-state index < -0.39 is 0 Å². The summed E-state index contributed by atoms with van der Waals surface area (Å²) in [4.78, 5) is 6.41. The number of pyridine rings is 1. The molecule has 0 aliphatic carbocycles. The third-order valence-corrected chi connectivity index (χ3v) is 3.40. The molecular weight excluding hydrogens is 236 g/mol. The molecule has 2 heterocycles. The van der Waals surface area contributed by atoms with Crippen molar-refractivity contribution in [3.8, 4) is 0 Å². The molecule has 1 saturated heterocycles. The maximum absolute atomic E-state index is 5.79. The second-order valence-corrected chi connectivity index (χ2v) is 4.78. The summed E-state index contributed by atoms with van der Waals surface area (Å²) in [6.45, 7) is 1.84. The van der Waals surface area contributed by atoms with Crippen LogP contribution in [0.15, 0.2) is 18.3 Å². The molecule has 0 N–H and O–H groups in total. The average molecular weight is 255 g/mol. The van der Waals surface area contributed by atoms with E-state index in [2.05, 4.69) is 16.9 Å². The second-order valence-electron chi connectivity index (χ2n) is 4.51. The highest BCUT2D eigenvalue weighted by atomic mass is 35.5. The number of ether oxygens (including phenoxy) is 1. The molecule has 94 valence electrons. The van der Waals surface area contributed by atoms with Gasteiger partial charge in [0.25, 0.3) is 0 Å². The fraction of sp³-hybridized carbons (Fsp3) is 0.615. The fourth-order valence-corrected chi connectivity index (χ4v) is 2.28. The summed E-state index contributed by atoms with van der Waals surface area (Å²) in [5.74, 6) is 0.460. The van der Waals surface area contributed by atoms with E-state index in [1.165, 1.54) is 12.8 Å². The van der Waals surface area contributed by atoms with Gasteiger partial charge in [0, 0.05) is 32.1 Å². The van der Waals surface area contributed by atoms with Crippen molar-refractivity contribution in [1.29, 1.82) is 0 Å². The summed E-state index contributed by atoms with van der Waals surface area (Å²) >= 11 is 5.79. The number of aromatic nitrogens is 1. The van der Waals surface area contributed by atoms with Gasteiger partial charge in [-0.1, -0.05) is 0 Å². The monoisotopic (exact) mass is 254 g/mol. The first-order chi connectivity index (χ1) is 8.29. The van der Waals surface area contributed by atoms with Crippen LogP contribution in [-0.4, -0.2) is 31.3 Å². The van der Waals surface area contributed by atoms with Gasteiger partial charge < -0.3 is 9.64 Å². The molecule has 4 heteroatoms.